The maximum atomic E-state index is 8.83. The standard InChI is InChI=1S/C12H24N4/c1-14(2)9-10-16-8-4-7-15(3)12(11-16)5-6-13/h12H,4-5,7-11H2,1-3H3. The summed E-state index contributed by atoms with van der Waals surface area (Å²) in [6.07, 6.45) is 1.86. The lowest BCUT2D eigenvalue weighted by Gasteiger charge is -2.27. The fourth-order valence-electron chi connectivity index (χ4n) is 2.13. The summed E-state index contributed by atoms with van der Waals surface area (Å²) in [5.74, 6) is 0. The Labute approximate surface area is 99.4 Å². The van der Waals surface area contributed by atoms with E-state index >= 15 is 0 Å². The zero-order valence-corrected chi connectivity index (χ0v) is 10.8. The largest absolute Gasteiger partial charge is 0.308 e. The van der Waals surface area contributed by atoms with Gasteiger partial charge in [0.05, 0.1) is 12.5 Å². The molecule has 0 aromatic heterocycles. The first-order chi connectivity index (χ1) is 7.63. The van der Waals surface area contributed by atoms with Crippen LogP contribution in [0.25, 0.3) is 0 Å². The lowest BCUT2D eigenvalue weighted by molar-refractivity contribution is 0.198. The Morgan fingerprint density at radius 3 is 2.75 bits per heavy atom. The van der Waals surface area contributed by atoms with Gasteiger partial charge < -0.3 is 14.7 Å². The molecule has 16 heavy (non-hydrogen) atoms. The predicted molar refractivity (Wildman–Crippen MR) is 66.3 cm³/mol. The van der Waals surface area contributed by atoms with Gasteiger partial charge in [-0.3, -0.25) is 0 Å². The van der Waals surface area contributed by atoms with Crippen LogP contribution < -0.4 is 0 Å². The smallest absolute Gasteiger partial charge is 0.0638 e. The van der Waals surface area contributed by atoms with Gasteiger partial charge in [-0.15, -0.1) is 0 Å². The van der Waals surface area contributed by atoms with E-state index in [1.165, 1.54) is 13.0 Å². The van der Waals surface area contributed by atoms with Gasteiger partial charge in [-0.25, -0.2) is 0 Å². The minimum absolute atomic E-state index is 0.412. The maximum absolute atomic E-state index is 8.83. The molecule has 1 aliphatic rings. The van der Waals surface area contributed by atoms with Crippen molar-refractivity contribution in [2.45, 2.75) is 18.9 Å². The molecule has 1 atom stereocenters. The minimum Gasteiger partial charge on any atom is -0.308 e. The fraction of sp³-hybridized carbons (Fsp3) is 0.917. The Morgan fingerprint density at radius 1 is 1.38 bits per heavy atom. The second kappa shape index (κ2) is 6.85. The zero-order valence-electron chi connectivity index (χ0n) is 10.8. The molecule has 0 amide bonds. The van der Waals surface area contributed by atoms with E-state index in [1.807, 2.05) is 0 Å². The summed E-state index contributed by atoms with van der Waals surface area (Å²) in [5.41, 5.74) is 0. The Bertz CT molecular complexity index is 234. The van der Waals surface area contributed by atoms with E-state index in [9.17, 15) is 0 Å². The molecule has 1 aliphatic heterocycles. The minimum atomic E-state index is 0.412. The van der Waals surface area contributed by atoms with Crippen molar-refractivity contribution in [1.82, 2.24) is 14.7 Å². The first-order valence-electron chi connectivity index (χ1n) is 6.07. The van der Waals surface area contributed by atoms with Crippen molar-refractivity contribution in [2.24, 2.45) is 0 Å². The molecule has 0 N–H and O–H groups in total. The topological polar surface area (TPSA) is 33.5 Å². The van der Waals surface area contributed by atoms with Gasteiger partial charge in [-0.2, -0.15) is 5.26 Å². The SMILES string of the molecule is CN(C)CCN1CCCN(C)C(CC#N)C1. The average Bonchev–Trinajstić information content (AvgIpc) is 2.39. The Morgan fingerprint density at radius 2 is 2.12 bits per heavy atom. The second-order valence-corrected chi connectivity index (χ2v) is 4.95. The van der Waals surface area contributed by atoms with Crippen LogP contribution in [0.3, 0.4) is 0 Å². The van der Waals surface area contributed by atoms with Crippen LogP contribution in [0.5, 0.6) is 0 Å². The Balaban J connectivity index is 2.44. The molecule has 0 aliphatic carbocycles. The summed E-state index contributed by atoms with van der Waals surface area (Å²) in [5, 5.41) is 8.83. The molecule has 0 spiro atoms. The number of likely N-dealkylation sites (N-methyl/N-ethyl adjacent to an activating group) is 2. The predicted octanol–water partition coefficient (Wildman–Crippen LogP) is 0.468. The molecule has 0 saturated carbocycles. The van der Waals surface area contributed by atoms with E-state index in [2.05, 4.69) is 41.9 Å². The molecule has 1 heterocycles. The molecule has 0 radical (unpaired) electrons. The van der Waals surface area contributed by atoms with Crippen LogP contribution in [0.15, 0.2) is 0 Å². The van der Waals surface area contributed by atoms with Gasteiger partial charge in [-0.1, -0.05) is 0 Å². The highest BCUT2D eigenvalue weighted by molar-refractivity contribution is 4.86. The quantitative estimate of drug-likeness (QED) is 0.695. The van der Waals surface area contributed by atoms with E-state index in [1.54, 1.807) is 0 Å². The van der Waals surface area contributed by atoms with E-state index in [0.717, 1.165) is 26.2 Å². The third-order valence-electron chi connectivity index (χ3n) is 3.27. The van der Waals surface area contributed by atoms with Gasteiger partial charge in [-0.05, 0) is 40.7 Å². The van der Waals surface area contributed by atoms with Crippen LogP contribution in [0, 0.1) is 11.3 Å². The van der Waals surface area contributed by atoms with Crippen molar-refractivity contribution in [3.05, 3.63) is 0 Å². The summed E-state index contributed by atoms with van der Waals surface area (Å²) in [4.78, 5) is 7.04. The van der Waals surface area contributed by atoms with Crippen molar-refractivity contribution in [2.75, 3.05) is 53.9 Å². The van der Waals surface area contributed by atoms with Crippen LogP contribution in [0.1, 0.15) is 12.8 Å². The van der Waals surface area contributed by atoms with Crippen molar-refractivity contribution < 1.29 is 0 Å². The highest BCUT2D eigenvalue weighted by atomic mass is 15.2. The van der Waals surface area contributed by atoms with E-state index in [-0.39, 0.29) is 0 Å². The summed E-state index contributed by atoms with van der Waals surface area (Å²) in [7, 11) is 6.35. The molecule has 4 nitrogen and oxygen atoms in total. The van der Waals surface area contributed by atoms with Crippen LogP contribution in [0.4, 0.5) is 0 Å². The molecule has 1 saturated heterocycles. The van der Waals surface area contributed by atoms with Crippen LogP contribution >= 0.6 is 0 Å². The lowest BCUT2D eigenvalue weighted by Crippen LogP contribution is -2.40. The monoisotopic (exact) mass is 224 g/mol. The number of nitriles is 1. The molecule has 1 unspecified atom stereocenters. The number of rotatable bonds is 4. The summed E-state index contributed by atoms with van der Waals surface area (Å²) in [6, 6.07) is 2.71. The van der Waals surface area contributed by atoms with Crippen molar-refractivity contribution in [1.29, 1.82) is 5.26 Å². The van der Waals surface area contributed by atoms with Gasteiger partial charge in [0.15, 0.2) is 0 Å². The lowest BCUT2D eigenvalue weighted by atomic mass is 10.2. The maximum Gasteiger partial charge on any atom is 0.0638 e. The van der Waals surface area contributed by atoms with E-state index in [0.29, 0.717) is 12.5 Å². The Hall–Kier alpha value is -0.630. The van der Waals surface area contributed by atoms with E-state index < -0.39 is 0 Å². The van der Waals surface area contributed by atoms with E-state index in [4.69, 9.17) is 5.26 Å². The normalized spacial score (nSPS) is 24.3. The zero-order chi connectivity index (χ0) is 12.0. The summed E-state index contributed by atoms with van der Waals surface area (Å²) in [6.45, 7) is 5.54. The summed E-state index contributed by atoms with van der Waals surface area (Å²) >= 11 is 0. The third kappa shape index (κ3) is 4.48. The Kier molecular flexibility index (Phi) is 5.75. The first-order valence-corrected chi connectivity index (χ1v) is 6.07. The highest BCUT2D eigenvalue weighted by Crippen LogP contribution is 2.10. The number of hydrogen-bond acceptors (Lipinski definition) is 4. The third-order valence-corrected chi connectivity index (χ3v) is 3.27. The molecule has 0 aromatic carbocycles. The fourth-order valence-corrected chi connectivity index (χ4v) is 2.13. The molecule has 4 heteroatoms. The van der Waals surface area contributed by atoms with Gasteiger partial charge in [0.2, 0.25) is 0 Å². The molecule has 0 bridgehead atoms. The first kappa shape index (κ1) is 13.4. The second-order valence-electron chi connectivity index (χ2n) is 4.95. The molecular weight excluding hydrogens is 200 g/mol. The van der Waals surface area contributed by atoms with Gasteiger partial charge in [0, 0.05) is 25.7 Å². The van der Waals surface area contributed by atoms with Gasteiger partial charge >= 0.3 is 0 Å². The van der Waals surface area contributed by atoms with Crippen molar-refractivity contribution in [3.8, 4) is 6.07 Å². The summed E-state index contributed by atoms with van der Waals surface area (Å²) < 4.78 is 0. The molecular formula is C12H24N4. The molecule has 0 aromatic rings. The highest BCUT2D eigenvalue weighted by Gasteiger charge is 2.21. The van der Waals surface area contributed by atoms with Crippen molar-refractivity contribution in [3.63, 3.8) is 0 Å². The van der Waals surface area contributed by atoms with Crippen LogP contribution in [-0.2, 0) is 0 Å². The van der Waals surface area contributed by atoms with Gasteiger partial charge in [0.1, 0.15) is 0 Å². The average molecular weight is 224 g/mol. The molecule has 1 rings (SSSR count). The van der Waals surface area contributed by atoms with Crippen molar-refractivity contribution >= 4 is 0 Å². The van der Waals surface area contributed by atoms with Crippen LogP contribution in [0.2, 0.25) is 0 Å². The molecule has 92 valence electrons. The van der Waals surface area contributed by atoms with Crippen LogP contribution in [-0.4, -0.2) is 74.6 Å². The molecule has 1 fully saturated rings. The number of nitrogens with zero attached hydrogens (tertiary/aromatic N) is 4. The number of hydrogen-bond donors (Lipinski definition) is 0. The van der Waals surface area contributed by atoms with Gasteiger partial charge in [0.25, 0.3) is 0 Å².